The Hall–Kier alpha value is -0.120. The molecule has 0 amide bonds. The van der Waals surface area contributed by atoms with Crippen LogP contribution < -0.4 is 5.32 Å². The van der Waals surface area contributed by atoms with Crippen LogP contribution in [-0.4, -0.2) is 61.7 Å². The molecule has 3 nitrogen and oxygen atoms in total. The van der Waals surface area contributed by atoms with Gasteiger partial charge in [-0.05, 0) is 58.7 Å². The van der Waals surface area contributed by atoms with Crippen LogP contribution in [-0.2, 0) is 0 Å². The summed E-state index contributed by atoms with van der Waals surface area (Å²) in [7, 11) is 4.46. The molecule has 0 aromatic heterocycles. The largest absolute Gasteiger partial charge is 0.311 e. The molecular weight excluding hydrogens is 210 g/mol. The maximum atomic E-state index is 3.76. The molecule has 98 valence electrons. The monoisotopic (exact) mass is 237 g/mol. The standard InChI is InChI=1S/C14H27N3/c1-16(2)13-4-3-7-17(10-13)9-11-8-12-5-6-14(11)15-12/h11-15H,3-10H2,1-2H3. The lowest BCUT2D eigenvalue weighted by Gasteiger charge is -2.38. The lowest BCUT2D eigenvalue weighted by atomic mass is 9.88. The van der Waals surface area contributed by atoms with Crippen molar-refractivity contribution in [2.75, 3.05) is 33.7 Å². The van der Waals surface area contributed by atoms with Crippen LogP contribution in [0.3, 0.4) is 0 Å². The molecule has 3 heterocycles. The Labute approximate surface area is 106 Å². The quantitative estimate of drug-likeness (QED) is 0.794. The normalized spacial score (nSPS) is 42.5. The van der Waals surface area contributed by atoms with Gasteiger partial charge in [0.15, 0.2) is 0 Å². The van der Waals surface area contributed by atoms with Crippen LogP contribution in [0.2, 0.25) is 0 Å². The SMILES string of the molecule is CN(C)C1CCCN(CC2CC3CCC2N3)C1. The molecule has 3 aliphatic rings. The third kappa shape index (κ3) is 2.51. The third-order valence-electron chi connectivity index (χ3n) is 5.14. The molecule has 4 unspecified atom stereocenters. The summed E-state index contributed by atoms with van der Waals surface area (Å²) in [4.78, 5) is 5.13. The van der Waals surface area contributed by atoms with Crippen LogP contribution in [0.15, 0.2) is 0 Å². The van der Waals surface area contributed by atoms with Crippen LogP contribution in [0.1, 0.15) is 32.1 Å². The van der Waals surface area contributed by atoms with Crippen molar-refractivity contribution in [2.24, 2.45) is 5.92 Å². The zero-order valence-electron chi connectivity index (χ0n) is 11.4. The number of rotatable bonds is 3. The van der Waals surface area contributed by atoms with E-state index in [0.717, 1.165) is 24.0 Å². The Morgan fingerprint density at radius 1 is 1.24 bits per heavy atom. The van der Waals surface area contributed by atoms with Crippen LogP contribution in [0.25, 0.3) is 0 Å². The molecule has 17 heavy (non-hydrogen) atoms. The number of piperidine rings is 1. The topological polar surface area (TPSA) is 18.5 Å². The number of hydrogen-bond donors (Lipinski definition) is 1. The minimum Gasteiger partial charge on any atom is -0.311 e. The number of likely N-dealkylation sites (tertiary alicyclic amines) is 1. The molecule has 0 aromatic carbocycles. The van der Waals surface area contributed by atoms with Gasteiger partial charge >= 0.3 is 0 Å². The van der Waals surface area contributed by atoms with Crippen molar-refractivity contribution >= 4 is 0 Å². The summed E-state index contributed by atoms with van der Waals surface area (Å²) < 4.78 is 0. The van der Waals surface area contributed by atoms with Crippen LogP contribution in [0, 0.1) is 5.92 Å². The fourth-order valence-corrected chi connectivity index (χ4v) is 4.09. The summed E-state index contributed by atoms with van der Waals surface area (Å²) >= 11 is 0. The highest BCUT2D eigenvalue weighted by atomic mass is 15.2. The van der Waals surface area contributed by atoms with Gasteiger partial charge in [0.05, 0.1) is 0 Å². The van der Waals surface area contributed by atoms with Gasteiger partial charge in [0.25, 0.3) is 0 Å². The van der Waals surface area contributed by atoms with E-state index in [1.165, 1.54) is 51.7 Å². The zero-order chi connectivity index (χ0) is 11.8. The van der Waals surface area contributed by atoms with Crippen molar-refractivity contribution in [1.82, 2.24) is 15.1 Å². The van der Waals surface area contributed by atoms with E-state index in [-0.39, 0.29) is 0 Å². The molecule has 3 fully saturated rings. The average Bonchev–Trinajstić information content (AvgIpc) is 2.91. The lowest BCUT2D eigenvalue weighted by molar-refractivity contribution is 0.113. The molecule has 0 aliphatic carbocycles. The van der Waals surface area contributed by atoms with Crippen molar-refractivity contribution in [3.8, 4) is 0 Å². The Kier molecular flexibility index (Phi) is 3.42. The predicted molar refractivity (Wildman–Crippen MR) is 71.2 cm³/mol. The number of hydrogen-bond acceptors (Lipinski definition) is 3. The number of fused-ring (bicyclic) bond motifs is 2. The van der Waals surface area contributed by atoms with E-state index in [9.17, 15) is 0 Å². The van der Waals surface area contributed by atoms with Gasteiger partial charge in [-0.2, -0.15) is 0 Å². The molecular formula is C14H27N3. The highest BCUT2D eigenvalue weighted by molar-refractivity contribution is 4.98. The fourth-order valence-electron chi connectivity index (χ4n) is 4.09. The summed E-state index contributed by atoms with van der Waals surface area (Å²) in [5.41, 5.74) is 0. The van der Waals surface area contributed by atoms with Crippen molar-refractivity contribution in [3.05, 3.63) is 0 Å². The first-order valence-corrected chi connectivity index (χ1v) is 7.37. The summed E-state index contributed by atoms with van der Waals surface area (Å²) in [5.74, 6) is 0.940. The number of likely N-dealkylation sites (N-methyl/N-ethyl adjacent to an activating group) is 1. The Balaban J connectivity index is 1.51. The van der Waals surface area contributed by atoms with Crippen LogP contribution in [0.4, 0.5) is 0 Å². The minimum atomic E-state index is 0.787. The van der Waals surface area contributed by atoms with Gasteiger partial charge in [-0.25, -0.2) is 0 Å². The van der Waals surface area contributed by atoms with Gasteiger partial charge in [0.2, 0.25) is 0 Å². The molecule has 3 aliphatic heterocycles. The van der Waals surface area contributed by atoms with Crippen molar-refractivity contribution in [1.29, 1.82) is 0 Å². The van der Waals surface area contributed by atoms with Crippen LogP contribution in [0.5, 0.6) is 0 Å². The lowest BCUT2D eigenvalue weighted by Crippen LogP contribution is -2.47. The van der Waals surface area contributed by atoms with Crippen LogP contribution >= 0.6 is 0 Å². The fraction of sp³-hybridized carbons (Fsp3) is 1.00. The summed E-state index contributed by atoms with van der Waals surface area (Å²) in [5, 5.41) is 3.76. The van der Waals surface area contributed by atoms with E-state index in [1.807, 2.05) is 0 Å². The molecule has 3 rings (SSSR count). The molecule has 0 aromatic rings. The summed E-state index contributed by atoms with van der Waals surface area (Å²) in [6, 6.07) is 2.49. The maximum absolute atomic E-state index is 3.76. The zero-order valence-corrected chi connectivity index (χ0v) is 11.4. The molecule has 1 N–H and O–H groups in total. The van der Waals surface area contributed by atoms with Gasteiger partial charge < -0.3 is 15.1 Å². The predicted octanol–water partition coefficient (Wildman–Crippen LogP) is 1.15. The first-order chi connectivity index (χ1) is 8.22. The second-order valence-corrected chi connectivity index (χ2v) is 6.56. The number of nitrogens with one attached hydrogen (secondary N) is 1. The molecule has 2 bridgehead atoms. The second kappa shape index (κ2) is 4.87. The van der Waals surface area contributed by atoms with E-state index in [4.69, 9.17) is 0 Å². The molecule has 3 saturated heterocycles. The van der Waals surface area contributed by atoms with Gasteiger partial charge in [-0.3, -0.25) is 0 Å². The molecule has 4 atom stereocenters. The van der Waals surface area contributed by atoms with Crippen molar-refractivity contribution < 1.29 is 0 Å². The van der Waals surface area contributed by atoms with Gasteiger partial charge in [-0.1, -0.05) is 0 Å². The Bertz CT molecular complexity index is 266. The van der Waals surface area contributed by atoms with E-state index in [2.05, 4.69) is 29.2 Å². The van der Waals surface area contributed by atoms with Crippen molar-refractivity contribution in [2.45, 2.75) is 50.2 Å². The van der Waals surface area contributed by atoms with E-state index >= 15 is 0 Å². The Morgan fingerprint density at radius 2 is 2.12 bits per heavy atom. The summed E-state index contributed by atoms with van der Waals surface area (Å²) in [6.45, 7) is 3.97. The molecule has 3 heteroatoms. The number of nitrogens with zero attached hydrogens (tertiary/aromatic N) is 2. The smallest absolute Gasteiger partial charge is 0.0217 e. The first kappa shape index (κ1) is 11.9. The highest BCUT2D eigenvalue weighted by Gasteiger charge is 2.39. The molecule has 0 saturated carbocycles. The second-order valence-electron chi connectivity index (χ2n) is 6.56. The van der Waals surface area contributed by atoms with Gasteiger partial charge in [0, 0.05) is 31.2 Å². The highest BCUT2D eigenvalue weighted by Crippen LogP contribution is 2.34. The van der Waals surface area contributed by atoms with E-state index in [0.29, 0.717) is 0 Å². The first-order valence-electron chi connectivity index (χ1n) is 7.37. The average molecular weight is 237 g/mol. The summed E-state index contributed by atoms with van der Waals surface area (Å²) in [6.07, 6.45) is 7.07. The van der Waals surface area contributed by atoms with E-state index < -0.39 is 0 Å². The molecule has 0 spiro atoms. The van der Waals surface area contributed by atoms with Crippen molar-refractivity contribution in [3.63, 3.8) is 0 Å². The van der Waals surface area contributed by atoms with Gasteiger partial charge in [0.1, 0.15) is 0 Å². The van der Waals surface area contributed by atoms with E-state index in [1.54, 1.807) is 0 Å². The Morgan fingerprint density at radius 3 is 2.76 bits per heavy atom. The molecule has 0 radical (unpaired) electrons. The third-order valence-corrected chi connectivity index (χ3v) is 5.14. The maximum Gasteiger partial charge on any atom is 0.0217 e. The van der Waals surface area contributed by atoms with Gasteiger partial charge in [-0.15, -0.1) is 0 Å². The minimum absolute atomic E-state index is 0.787.